The van der Waals surface area contributed by atoms with E-state index in [0.29, 0.717) is 17.9 Å². The van der Waals surface area contributed by atoms with E-state index in [-0.39, 0.29) is 0 Å². The topological polar surface area (TPSA) is 45.9 Å². The summed E-state index contributed by atoms with van der Waals surface area (Å²) in [6.07, 6.45) is 0. The normalized spacial score (nSPS) is 9.75. The quantitative estimate of drug-likeness (QED) is 0.814. The molecule has 0 aliphatic carbocycles. The highest BCUT2D eigenvalue weighted by molar-refractivity contribution is 7.09. The molecule has 1 aromatic carbocycles. The molecule has 0 fully saturated rings. The van der Waals surface area contributed by atoms with Crippen molar-refractivity contribution in [2.75, 3.05) is 0 Å². The largest absolute Gasteiger partial charge is 0.486 e. The molecule has 0 unspecified atom stereocenters. The maximum atomic E-state index is 8.73. The molecule has 0 spiro atoms. The van der Waals surface area contributed by atoms with Gasteiger partial charge in [-0.2, -0.15) is 5.26 Å². The maximum absolute atomic E-state index is 8.73. The predicted octanol–water partition coefficient (Wildman–Crippen LogP) is 2.90. The van der Waals surface area contributed by atoms with Gasteiger partial charge in [0.25, 0.3) is 0 Å². The van der Waals surface area contributed by atoms with Gasteiger partial charge in [0, 0.05) is 11.1 Å². The number of hydrogen-bond donors (Lipinski definition) is 0. The van der Waals surface area contributed by atoms with Crippen LogP contribution in [0, 0.1) is 18.3 Å². The van der Waals surface area contributed by atoms with Crippen molar-refractivity contribution in [1.29, 1.82) is 5.26 Å². The minimum atomic E-state index is 0.452. The molecule has 1 heterocycles. The van der Waals surface area contributed by atoms with Crippen molar-refractivity contribution in [3.05, 3.63) is 45.9 Å². The van der Waals surface area contributed by atoms with Crippen LogP contribution in [0.1, 0.15) is 16.3 Å². The lowest BCUT2D eigenvalue weighted by atomic mass is 10.2. The van der Waals surface area contributed by atoms with Gasteiger partial charge in [0.2, 0.25) is 0 Å². The van der Waals surface area contributed by atoms with E-state index in [9.17, 15) is 0 Å². The summed E-state index contributed by atoms with van der Waals surface area (Å²) < 4.78 is 5.54. The predicted molar refractivity (Wildman–Crippen MR) is 62.3 cm³/mol. The highest BCUT2D eigenvalue weighted by atomic mass is 32.1. The molecule has 4 heteroatoms. The van der Waals surface area contributed by atoms with E-state index in [1.54, 1.807) is 29.5 Å². The van der Waals surface area contributed by atoms with E-state index in [1.807, 2.05) is 18.4 Å². The Hall–Kier alpha value is -1.86. The molecule has 1 aromatic heterocycles. The Bertz CT molecular complexity index is 528. The Kier molecular flexibility index (Phi) is 3.18. The van der Waals surface area contributed by atoms with Gasteiger partial charge in [-0.05, 0) is 25.1 Å². The highest BCUT2D eigenvalue weighted by Gasteiger charge is 2.00. The molecule has 0 saturated carbocycles. The molecule has 2 aromatic rings. The van der Waals surface area contributed by atoms with Crippen molar-refractivity contribution in [2.45, 2.75) is 13.5 Å². The maximum Gasteiger partial charge on any atom is 0.140 e. The third kappa shape index (κ3) is 2.59. The molecule has 0 saturated heterocycles. The van der Waals surface area contributed by atoms with E-state index in [2.05, 4.69) is 11.1 Å². The number of nitriles is 1. The molecule has 2 rings (SSSR count). The van der Waals surface area contributed by atoms with Crippen molar-refractivity contribution in [3.8, 4) is 11.8 Å². The minimum absolute atomic E-state index is 0.452. The van der Waals surface area contributed by atoms with Crippen LogP contribution in [-0.2, 0) is 6.61 Å². The lowest BCUT2D eigenvalue weighted by Gasteiger charge is -2.03. The SMILES string of the molecule is Cc1csc(COc2cccc(C#N)c2)n1. The van der Waals surface area contributed by atoms with Crippen LogP contribution < -0.4 is 4.74 Å². The van der Waals surface area contributed by atoms with Crippen molar-refractivity contribution in [3.63, 3.8) is 0 Å². The van der Waals surface area contributed by atoms with Gasteiger partial charge in [-0.1, -0.05) is 6.07 Å². The van der Waals surface area contributed by atoms with Crippen molar-refractivity contribution < 1.29 is 4.74 Å². The number of hydrogen-bond acceptors (Lipinski definition) is 4. The van der Waals surface area contributed by atoms with Crippen LogP contribution in [0.5, 0.6) is 5.75 Å². The Balaban J connectivity index is 2.02. The van der Waals surface area contributed by atoms with E-state index in [4.69, 9.17) is 10.00 Å². The van der Waals surface area contributed by atoms with Gasteiger partial charge in [0.15, 0.2) is 0 Å². The number of benzene rings is 1. The monoisotopic (exact) mass is 230 g/mol. The Morgan fingerprint density at radius 2 is 2.38 bits per heavy atom. The molecule has 0 atom stereocenters. The van der Waals surface area contributed by atoms with Gasteiger partial charge >= 0.3 is 0 Å². The standard InChI is InChI=1S/C12H10N2OS/c1-9-8-16-12(14-9)7-15-11-4-2-3-10(5-11)6-13/h2-5,8H,7H2,1H3. The van der Waals surface area contributed by atoms with Gasteiger partial charge in [-0.3, -0.25) is 0 Å². The number of aromatic nitrogens is 1. The van der Waals surface area contributed by atoms with Crippen LogP contribution >= 0.6 is 11.3 Å². The summed E-state index contributed by atoms with van der Waals surface area (Å²) in [5, 5.41) is 11.7. The van der Waals surface area contributed by atoms with E-state index in [0.717, 1.165) is 10.7 Å². The van der Waals surface area contributed by atoms with Gasteiger partial charge in [0.1, 0.15) is 17.4 Å². The second-order valence-electron chi connectivity index (χ2n) is 3.31. The fraction of sp³-hybridized carbons (Fsp3) is 0.167. The molecule has 0 N–H and O–H groups in total. The molecule has 0 bridgehead atoms. The first-order chi connectivity index (χ1) is 7.78. The Morgan fingerprint density at radius 3 is 3.06 bits per heavy atom. The van der Waals surface area contributed by atoms with Crippen LogP contribution in [0.3, 0.4) is 0 Å². The summed E-state index contributed by atoms with van der Waals surface area (Å²) in [5.74, 6) is 0.701. The van der Waals surface area contributed by atoms with Crippen molar-refractivity contribution in [2.24, 2.45) is 0 Å². The first-order valence-electron chi connectivity index (χ1n) is 4.82. The fourth-order valence-corrected chi connectivity index (χ4v) is 1.95. The van der Waals surface area contributed by atoms with Crippen LogP contribution in [0.4, 0.5) is 0 Å². The van der Waals surface area contributed by atoms with Crippen molar-refractivity contribution in [1.82, 2.24) is 4.98 Å². The summed E-state index contributed by atoms with van der Waals surface area (Å²) in [6, 6.07) is 9.19. The van der Waals surface area contributed by atoms with Gasteiger partial charge in [-0.25, -0.2) is 4.98 Å². The Morgan fingerprint density at radius 1 is 1.50 bits per heavy atom. The van der Waals surface area contributed by atoms with Crippen LogP contribution in [0.15, 0.2) is 29.6 Å². The zero-order valence-corrected chi connectivity index (χ0v) is 9.62. The van der Waals surface area contributed by atoms with Crippen LogP contribution in [-0.4, -0.2) is 4.98 Å². The molecule has 16 heavy (non-hydrogen) atoms. The molecule has 0 radical (unpaired) electrons. The van der Waals surface area contributed by atoms with Gasteiger partial charge < -0.3 is 4.74 Å². The molecular formula is C12H10N2OS. The fourth-order valence-electron chi connectivity index (χ4n) is 1.27. The number of aryl methyl sites for hydroxylation is 1. The number of thiazole rings is 1. The summed E-state index contributed by atoms with van der Waals surface area (Å²) >= 11 is 1.58. The third-order valence-electron chi connectivity index (χ3n) is 1.99. The van der Waals surface area contributed by atoms with Gasteiger partial charge in [-0.15, -0.1) is 11.3 Å². The van der Waals surface area contributed by atoms with Crippen LogP contribution in [0.2, 0.25) is 0 Å². The zero-order valence-electron chi connectivity index (χ0n) is 8.80. The first-order valence-corrected chi connectivity index (χ1v) is 5.70. The minimum Gasteiger partial charge on any atom is -0.486 e. The lowest BCUT2D eigenvalue weighted by Crippen LogP contribution is -1.95. The number of rotatable bonds is 3. The highest BCUT2D eigenvalue weighted by Crippen LogP contribution is 2.16. The second kappa shape index (κ2) is 4.77. The first kappa shape index (κ1) is 10.7. The summed E-state index contributed by atoms with van der Waals surface area (Å²) in [5.41, 5.74) is 1.61. The number of ether oxygens (including phenoxy) is 1. The lowest BCUT2D eigenvalue weighted by molar-refractivity contribution is 0.305. The summed E-state index contributed by atoms with van der Waals surface area (Å²) in [6.45, 7) is 2.41. The average Bonchev–Trinajstić information content (AvgIpc) is 2.73. The molecule has 0 amide bonds. The van der Waals surface area contributed by atoms with E-state index in [1.165, 1.54) is 0 Å². The average molecular weight is 230 g/mol. The second-order valence-corrected chi connectivity index (χ2v) is 4.25. The molecule has 0 aliphatic heterocycles. The van der Waals surface area contributed by atoms with Gasteiger partial charge in [0.05, 0.1) is 11.6 Å². The molecular weight excluding hydrogens is 220 g/mol. The number of nitrogens with zero attached hydrogens (tertiary/aromatic N) is 2. The summed E-state index contributed by atoms with van der Waals surface area (Å²) in [7, 11) is 0. The Labute approximate surface area is 97.9 Å². The molecule has 80 valence electrons. The molecule has 3 nitrogen and oxygen atoms in total. The summed E-state index contributed by atoms with van der Waals surface area (Å²) in [4.78, 5) is 4.30. The zero-order chi connectivity index (χ0) is 11.4. The van der Waals surface area contributed by atoms with Crippen molar-refractivity contribution >= 4 is 11.3 Å². The third-order valence-corrected chi connectivity index (χ3v) is 2.93. The molecule has 0 aliphatic rings. The van der Waals surface area contributed by atoms with Crippen LogP contribution in [0.25, 0.3) is 0 Å². The van der Waals surface area contributed by atoms with E-state index < -0.39 is 0 Å². The smallest absolute Gasteiger partial charge is 0.140 e. The van der Waals surface area contributed by atoms with E-state index >= 15 is 0 Å².